The fraction of sp³-hybridized carbons (Fsp3) is 0.600. The molecule has 17 heavy (non-hydrogen) atoms. The Morgan fingerprint density at radius 1 is 1.35 bits per heavy atom. The average molecular weight is 232 g/mol. The Balaban J connectivity index is 2.08. The zero-order valence-corrected chi connectivity index (χ0v) is 11.0. The number of piperidine rings is 1. The molecule has 0 aromatic heterocycles. The monoisotopic (exact) mass is 232 g/mol. The van der Waals surface area contributed by atoms with Crippen LogP contribution in [0.1, 0.15) is 37.3 Å². The van der Waals surface area contributed by atoms with E-state index in [2.05, 4.69) is 43.0 Å². The highest BCUT2D eigenvalue weighted by molar-refractivity contribution is 5.25. The molecule has 0 aliphatic carbocycles. The molecule has 2 unspecified atom stereocenters. The van der Waals surface area contributed by atoms with Crippen LogP contribution in [-0.2, 0) is 6.54 Å². The Hall–Kier alpha value is -0.860. The highest BCUT2D eigenvalue weighted by Gasteiger charge is 2.25. The topological polar surface area (TPSA) is 29.3 Å². The summed E-state index contributed by atoms with van der Waals surface area (Å²) in [4.78, 5) is 2.57. The Labute approximate surface area is 105 Å². The average Bonchev–Trinajstić information content (AvgIpc) is 2.32. The predicted molar refractivity (Wildman–Crippen MR) is 72.9 cm³/mol. The lowest BCUT2D eigenvalue weighted by Crippen LogP contribution is -2.48. The van der Waals surface area contributed by atoms with Gasteiger partial charge in [-0.15, -0.1) is 0 Å². The predicted octanol–water partition coefficient (Wildman–Crippen LogP) is 2.70. The number of hydrogen-bond acceptors (Lipinski definition) is 2. The molecule has 0 radical (unpaired) electrons. The molecule has 1 saturated heterocycles. The van der Waals surface area contributed by atoms with Crippen molar-refractivity contribution in [1.29, 1.82) is 0 Å². The van der Waals surface area contributed by atoms with E-state index in [1.54, 1.807) is 0 Å². The minimum atomic E-state index is 0.277. The minimum Gasteiger partial charge on any atom is -0.327 e. The van der Waals surface area contributed by atoms with Crippen molar-refractivity contribution in [3.8, 4) is 0 Å². The van der Waals surface area contributed by atoms with Crippen LogP contribution in [0.25, 0.3) is 0 Å². The number of aryl methyl sites for hydroxylation is 1. The number of rotatable bonds is 3. The molecule has 1 heterocycles. The molecule has 0 amide bonds. The first-order valence-corrected chi connectivity index (χ1v) is 6.72. The minimum absolute atomic E-state index is 0.277. The smallest absolute Gasteiger partial charge is 0.0248 e. The van der Waals surface area contributed by atoms with Gasteiger partial charge in [0, 0.05) is 18.6 Å². The van der Waals surface area contributed by atoms with E-state index in [1.165, 1.54) is 36.9 Å². The van der Waals surface area contributed by atoms with Crippen LogP contribution < -0.4 is 5.73 Å². The lowest BCUT2D eigenvalue weighted by molar-refractivity contribution is 0.123. The van der Waals surface area contributed by atoms with Gasteiger partial charge in [-0.2, -0.15) is 0 Å². The van der Waals surface area contributed by atoms with Gasteiger partial charge >= 0.3 is 0 Å². The molecule has 2 nitrogen and oxygen atoms in total. The van der Waals surface area contributed by atoms with E-state index in [9.17, 15) is 0 Å². The number of nitrogens with two attached hydrogens (primary N) is 1. The third kappa shape index (κ3) is 3.08. The van der Waals surface area contributed by atoms with Gasteiger partial charge in [-0.05, 0) is 44.4 Å². The molecule has 1 fully saturated rings. The van der Waals surface area contributed by atoms with E-state index in [0.29, 0.717) is 6.04 Å². The summed E-state index contributed by atoms with van der Waals surface area (Å²) in [6, 6.07) is 9.51. The summed E-state index contributed by atoms with van der Waals surface area (Å²) in [6.45, 7) is 6.58. The Morgan fingerprint density at radius 2 is 2.12 bits per heavy atom. The largest absolute Gasteiger partial charge is 0.327 e. The second-order valence-corrected chi connectivity index (χ2v) is 5.32. The Bertz CT molecular complexity index is 360. The van der Waals surface area contributed by atoms with Crippen LogP contribution in [0.15, 0.2) is 24.3 Å². The number of likely N-dealkylation sites (tertiary alicyclic amines) is 1. The van der Waals surface area contributed by atoms with E-state index >= 15 is 0 Å². The second-order valence-electron chi connectivity index (χ2n) is 5.32. The number of benzene rings is 1. The zero-order valence-electron chi connectivity index (χ0n) is 11.0. The molecule has 2 atom stereocenters. The molecular formula is C15H24N2. The second kappa shape index (κ2) is 5.65. The first kappa shape index (κ1) is 12.6. The van der Waals surface area contributed by atoms with Crippen LogP contribution in [0.2, 0.25) is 0 Å². The normalized spacial score (nSPS) is 23.6. The maximum Gasteiger partial charge on any atom is 0.0248 e. The molecule has 0 spiro atoms. The van der Waals surface area contributed by atoms with Crippen molar-refractivity contribution in [3.05, 3.63) is 35.4 Å². The van der Waals surface area contributed by atoms with Crippen molar-refractivity contribution in [2.45, 2.75) is 51.7 Å². The third-order valence-corrected chi connectivity index (χ3v) is 3.91. The molecule has 1 aromatic rings. The molecule has 2 N–H and O–H groups in total. The molecule has 94 valence electrons. The molecule has 1 aromatic carbocycles. The number of hydrogen-bond donors (Lipinski definition) is 1. The van der Waals surface area contributed by atoms with Crippen molar-refractivity contribution >= 4 is 0 Å². The van der Waals surface area contributed by atoms with E-state index in [-0.39, 0.29) is 6.04 Å². The molecule has 2 rings (SSSR count). The lowest BCUT2D eigenvalue weighted by atomic mass is 9.96. The van der Waals surface area contributed by atoms with Gasteiger partial charge in [0.25, 0.3) is 0 Å². The van der Waals surface area contributed by atoms with Gasteiger partial charge in [0.2, 0.25) is 0 Å². The number of nitrogens with zero attached hydrogens (tertiary/aromatic N) is 1. The summed E-state index contributed by atoms with van der Waals surface area (Å²) < 4.78 is 0. The first-order chi connectivity index (χ1) is 8.18. The van der Waals surface area contributed by atoms with Gasteiger partial charge in [-0.3, -0.25) is 4.90 Å². The van der Waals surface area contributed by atoms with E-state index in [4.69, 9.17) is 5.73 Å². The third-order valence-electron chi connectivity index (χ3n) is 3.91. The van der Waals surface area contributed by atoms with Gasteiger partial charge < -0.3 is 5.73 Å². The quantitative estimate of drug-likeness (QED) is 0.868. The molecule has 1 aliphatic heterocycles. The van der Waals surface area contributed by atoms with Crippen molar-refractivity contribution in [3.63, 3.8) is 0 Å². The zero-order chi connectivity index (χ0) is 12.3. The van der Waals surface area contributed by atoms with Gasteiger partial charge in [0.1, 0.15) is 0 Å². The standard InChI is InChI=1S/C15H24N2/c1-12-7-3-4-8-14(12)11-17-10-6-5-9-15(17)13(2)16/h3-4,7-8,13,15H,5-6,9-11,16H2,1-2H3. The fourth-order valence-corrected chi connectivity index (χ4v) is 2.81. The molecule has 0 bridgehead atoms. The maximum atomic E-state index is 6.11. The van der Waals surface area contributed by atoms with Crippen molar-refractivity contribution in [2.75, 3.05) is 6.54 Å². The summed E-state index contributed by atoms with van der Waals surface area (Å²) in [5.41, 5.74) is 8.94. The van der Waals surface area contributed by atoms with Gasteiger partial charge in [-0.25, -0.2) is 0 Å². The summed E-state index contributed by atoms with van der Waals surface area (Å²) in [6.07, 6.45) is 3.90. The van der Waals surface area contributed by atoms with Crippen LogP contribution in [-0.4, -0.2) is 23.5 Å². The van der Waals surface area contributed by atoms with Crippen molar-refractivity contribution in [1.82, 2.24) is 4.90 Å². The van der Waals surface area contributed by atoms with Gasteiger partial charge in [-0.1, -0.05) is 30.7 Å². The van der Waals surface area contributed by atoms with Crippen LogP contribution >= 0.6 is 0 Å². The summed E-state index contributed by atoms with van der Waals surface area (Å²) in [5, 5.41) is 0. The van der Waals surface area contributed by atoms with E-state index in [0.717, 1.165) is 6.54 Å². The van der Waals surface area contributed by atoms with Crippen LogP contribution in [0.5, 0.6) is 0 Å². The summed E-state index contributed by atoms with van der Waals surface area (Å²) in [5.74, 6) is 0. The Kier molecular flexibility index (Phi) is 4.19. The van der Waals surface area contributed by atoms with Crippen LogP contribution in [0.3, 0.4) is 0 Å². The van der Waals surface area contributed by atoms with Crippen LogP contribution in [0, 0.1) is 6.92 Å². The molecule has 1 aliphatic rings. The van der Waals surface area contributed by atoms with Crippen LogP contribution in [0.4, 0.5) is 0 Å². The highest BCUT2D eigenvalue weighted by Crippen LogP contribution is 2.22. The maximum absolute atomic E-state index is 6.11. The Morgan fingerprint density at radius 3 is 2.82 bits per heavy atom. The first-order valence-electron chi connectivity index (χ1n) is 6.72. The highest BCUT2D eigenvalue weighted by atomic mass is 15.2. The lowest BCUT2D eigenvalue weighted by Gasteiger charge is -2.38. The van der Waals surface area contributed by atoms with Gasteiger partial charge in [0.05, 0.1) is 0 Å². The summed E-state index contributed by atoms with van der Waals surface area (Å²) in [7, 11) is 0. The fourth-order valence-electron chi connectivity index (χ4n) is 2.81. The van der Waals surface area contributed by atoms with Gasteiger partial charge in [0.15, 0.2) is 0 Å². The van der Waals surface area contributed by atoms with E-state index < -0.39 is 0 Å². The molecule has 2 heteroatoms. The molecular weight excluding hydrogens is 208 g/mol. The SMILES string of the molecule is Cc1ccccc1CN1CCCCC1C(C)N. The van der Waals surface area contributed by atoms with Crippen molar-refractivity contribution < 1.29 is 0 Å². The van der Waals surface area contributed by atoms with E-state index in [1.807, 2.05) is 0 Å². The molecule has 0 saturated carbocycles. The summed E-state index contributed by atoms with van der Waals surface area (Å²) >= 11 is 0. The van der Waals surface area contributed by atoms with Crippen molar-refractivity contribution in [2.24, 2.45) is 5.73 Å².